The largest absolute Gasteiger partial charge is 0.412 e. The molecule has 0 aromatic carbocycles. The first-order valence-electron chi connectivity index (χ1n) is 8.19. The average molecular weight is 301 g/mol. The minimum Gasteiger partial charge on any atom is -0.412 e. The highest BCUT2D eigenvalue weighted by Gasteiger charge is 2.35. The first-order chi connectivity index (χ1) is 9.35. The van der Waals surface area contributed by atoms with Crippen LogP contribution in [0, 0.1) is 0 Å². The molecule has 0 aromatic heterocycles. The Balaban J connectivity index is 1.99. The molecular formula is C16H29ClOSi. The lowest BCUT2D eigenvalue weighted by Gasteiger charge is -2.37. The molecule has 0 aromatic rings. The van der Waals surface area contributed by atoms with Crippen molar-refractivity contribution < 1.29 is 4.43 Å². The highest BCUT2D eigenvalue weighted by Crippen LogP contribution is 2.42. The van der Waals surface area contributed by atoms with E-state index in [4.69, 9.17) is 16.0 Å². The van der Waals surface area contributed by atoms with Gasteiger partial charge in [-0.3, -0.25) is 0 Å². The van der Waals surface area contributed by atoms with E-state index in [1.165, 1.54) is 64.2 Å². The lowest BCUT2D eigenvalue weighted by molar-refractivity contribution is 0.245. The summed E-state index contributed by atoms with van der Waals surface area (Å²) in [6.45, 7) is 3.89. The lowest BCUT2D eigenvalue weighted by Crippen LogP contribution is -2.36. The van der Waals surface area contributed by atoms with Gasteiger partial charge in [-0.05, 0) is 11.1 Å². The van der Waals surface area contributed by atoms with Gasteiger partial charge in [0.2, 0.25) is 0 Å². The summed E-state index contributed by atoms with van der Waals surface area (Å²) in [5.41, 5.74) is 1.81. The number of alkyl halides is 1. The first-order valence-corrected chi connectivity index (χ1v) is 10.5. The minimum atomic E-state index is -1.15. The van der Waals surface area contributed by atoms with Crippen LogP contribution in [0.2, 0.25) is 11.1 Å². The standard InChI is InChI=1S/C16H29ClOSi/c1-2-14(13-17)18-19(15-9-5-3-6-10-15)16-11-7-4-8-12-16/h2,14-16,19H,1,3-13H2. The van der Waals surface area contributed by atoms with Crippen LogP contribution < -0.4 is 0 Å². The molecule has 0 amide bonds. The van der Waals surface area contributed by atoms with E-state index >= 15 is 0 Å². The van der Waals surface area contributed by atoms with Crippen LogP contribution in [0.4, 0.5) is 0 Å². The molecule has 0 spiro atoms. The molecule has 0 radical (unpaired) electrons. The third-order valence-electron chi connectivity index (χ3n) is 4.98. The molecule has 0 saturated heterocycles. The molecule has 1 unspecified atom stereocenters. The van der Waals surface area contributed by atoms with Crippen LogP contribution in [0.15, 0.2) is 12.7 Å². The van der Waals surface area contributed by atoms with Gasteiger partial charge < -0.3 is 4.43 Å². The van der Waals surface area contributed by atoms with E-state index in [2.05, 4.69) is 6.58 Å². The molecule has 110 valence electrons. The lowest BCUT2D eigenvalue weighted by atomic mass is 9.99. The molecule has 0 heterocycles. The Morgan fingerprint density at radius 3 is 1.84 bits per heavy atom. The van der Waals surface area contributed by atoms with Crippen LogP contribution in [0.3, 0.4) is 0 Å². The molecule has 2 saturated carbocycles. The van der Waals surface area contributed by atoms with Crippen molar-refractivity contribution in [2.75, 3.05) is 5.88 Å². The minimum absolute atomic E-state index is 0.0992. The van der Waals surface area contributed by atoms with Crippen molar-refractivity contribution in [1.29, 1.82) is 0 Å². The van der Waals surface area contributed by atoms with Crippen LogP contribution in [0.5, 0.6) is 0 Å². The maximum absolute atomic E-state index is 6.52. The van der Waals surface area contributed by atoms with Gasteiger partial charge in [0.05, 0.1) is 12.0 Å². The van der Waals surface area contributed by atoms with E-state index in [0.717, 1.165) is 11.1 Å². The zero-order chi connectivity index (χ0) is 13.5. The van der Waals surface area contributed by atoms with E-state index in [1.54, 1.807) is 0 Å². The number of hydrogen-bond donors (Lipinski definition) is 0. The maximum Gasteiger partial charge on any atom is 0.183 e. The molecule has 2 rings (SSSR count). The van der Waals surface area contributed by atoms with Gasteiger partial charge in [-0.1, -0.05) is 70.3 Å². The summed E-state index contributed by atoms with van der Waals surface area (Å²) in [7, 11) is -1.15. The van der Waals surface area contributed by atoms with E-state index in [0.29, 0.717) is 5.88 Å². The SMILES string of the molecule is C=CC(CCl)O[SiH](C1CCCCC1)C1CCCCC1. The van der Waals surface area contributed by atoms with Gasteiger partial charge in [0.25, 0.3) is 0 Å². The van der Waals surface area contributed by atoms with Gasteiger partial charge >= 0.3 is 0 Å². The van der Waals surface area contributed by atoms with Crippen molar-refractivity contribution in [3.05, 3.63) is 12.7 Å². The summed E-state index contributed by atoms with van der Waals surface area (Å²) in [4.78, 5) is 0. The van der Waals surface area contributed by atoms with Crippen molar-refractivity contribution >= 4 is 20.6 Å². The average Bonchev–Trinajstić information content (AvgIpc) is 2.50. The molecule has 0 N–H and O–H groups in total. The molecule has 19 heavy (non-hydrogen) atoms. The highest BCUT2D eigenvalue weighted by atomic mass is 35.5. The second-order valence-electron chi connectivity index (χ2n) is 6.33. The third-order valence-corrected chi connectivity index (χ3v) is 9.14. The molecule has 1 atom stereocenters. The van der Waals surface area contributed by atoms with Gasteiger partial charge in [-0.2, -0.15) is 0 Å². The molecule has 2 aliphatic carbocycles. The fraction of sp³-hybridized carbons (Fsp3) is 0.875. The fourth-order valence-corrected chi connectivity index (χ4v) is 8.29. The summed E-state index contributed by atoms with van der Waals surface area (Å²) in [5, 5.41) is 0. The molecule has 2 aliphatic rings. The summed E-state index contributed by atoms with van der Waals surface area (Å²) >= 11 is 6.02. The summed E-state index contributed by atoms with van der Waals surface area (Å²) < 4.78 is 6.52. The fourth-order valence-electron chi connectivity index (χ4n) is 3.89. The maximum atomic E-state index is 6.52. The zero-order valence-electron chi connectivity index (χ0n) is 12.2. The van der Waals surface area contributed by atoms with Crippen molar-refractivity contribution in [2.24, 2.45) is 0 Å². The first kappa shape index (κ1) is 15.6. The summed E-state index contributed by atoms with van der Waals surface area (Å²) in [5.74, 6) is 0.576. The van der Waals surface area contributed by atoms with E-state index < -0.39 is 9.04 Å². The quantitative estimate of drug-likeness (QED) is 0.373. The second kappa shape index (κ2) is 8.48. The van der Waals surface area contributed by atoms with Gasteiger partial charge in [-0.25, -0.2) is 0 Å². The monoisotopic (exact) mass is 300 g/mol. The molecule has 0 bridgehead atoms. The van der Waals surface area contributed by atoms with E-state index in [9.17, 15) is 0 Å². The van der Waals surface area contributed by atoms with Crippen LogP contribution >= 0.6 is 11.6 Å². The topological polar surface area (TPSA) is 9.23 Å². The van der Waals surface area contributed by atoms with Crippen molar-refractivity contribution in [3.8, 4) is 0 Å². The van der Waals surface area contributed by atoms with Crippen LogP contribution in [0.1, 0.15) is 64.2 Å². The highest BCUT2D eigenvalue weighted by molar-refractivity contribution is 6.55. The van der Waals surface area contributed by atoms with E-state index in [1.807, 2.05) is 6.08 Å². The zero-order valence-corrected chi connectivity index (χ0v) is 14.1. The summed E-state index contributed by atoms with van der Waals surface area (Å²) in [6.07, 6.45) is 16.2. The molecule has 0 aliphatic heterocycles. The molecular weight excluding hydrogens is 272 g/mol. The van der Waals surface area contributed by atoms with Gasteiger partial charge in [0, 0.05) is 0 Å². The Hall–Kier alpha value is 0.207. The third kappa shape index (κ3) is 4.61. The Bertz CT molecular complexity index is 241. The summed E-state index contributed by atoms with van der Waals surface area (Å²) in [6, 6.07) is 0. The molecule has 2 fully saturated rings. The Morgan fingerprint density at radius 2 is 1.47 bits per heavy atom. The molecule has 1 nitrogen and oxygen atoms in total. The van der Waals surface area contributed by atoms with Crippen LogP contribution in [0.25, 0.3) is 0 Å². The van der Waals surface area contributed by atoms with Crippen molar-refractivity contribution in [1.82, 2.24) is 0 Å². The predicted molar refractivity (Wildman–Crippen MR) is 86.6 cm³/mol. The second-order valence-corrected chi connectivity index (χ2v) is 9.72. The number of hydrogen-bond acceptors (Lipinski definition) is 1. The normalized spacial score (nSPS) is 24.5. The van der Waals surface area contributed by atoms with Crippen LogP contribution in [-0.2, 0) is 4.43 Å². The van der Waals surface area contributed by atoms with E-state index in [-0.39, 0.29) is 6.10 Å². The van der Waals surface area contributed by atoms with Crippen LogP contribution in [-0.4, -0.2) is 21.0 Å². The number of rotatable bonds is 6. The van der Waals surface area contributed by atoms with Gasteiger partial charge in [-0.15, -0.1) is 18.2 Å². The van der Waals surface area contributed by atoms with Gasteiger partial charge in [0.15, 0.2) is 9.04 Å². The smallest absolute Gasteiger partial charge is 0.183 e. The van der Waals surface area contributed by atoms with Crippen molar-refractivity contribution in [2.45, 2.75) is 81.4 Å². The van der Waals surface area contributed by atoms with Gasteiger partial charge in [0.1, 0.15) is 0 Å². The Labute approximate surface area is 125 Å². The Kier molecular flexibility index (Phi) is 6.96. The Morgan fingerprint density at radius 1 is 1.00 bits per heavy atom. The number of halogens is 1. The molecule has 3 heteroatoms. The predicted octanol–water partition coefficient (Wildman–Crippen LogP) is 5.19. The van der Waals surface area contributed by atoms with Crippen molar-refractivity contribution in [3.63, 3.8) is 0 Å².